The lowest BCUT2D eigenvalue weighted by atomic mass is 10.1. The van der Waals surface area contributed by atoms with E-state index in [-0.39, 0.29) is 5.56 Å². The molecule has 3 nitrogen and oxygen atoms in total. The molecule has 0 radical (unpaired) electrons. The number of carbonyl (C=O) groups is 1. The van der Waals surface area contributed by atoms with Crippen molar-refractivity contribution in [3.05, 3.63) is 65.7 Å². The monoisotopic (exact) mass is 336 g/mol. The van der Waals surface area contributed by atoms with Crippen molar-refractivity contribution in [2.24, 2.45) is 0 Å². The fourth-order valence-electron chi connectivity index (χ4n) is 2.29. The molecule has 1 atom stereocenters. The van der Waals surface area contributed by atoms with Crippen molar-refractivity contribution < 1.29 is 18.0 Å². The van der Waals surface area contributed by atoms with Crippen molar-refractivity contribution in [3.63, 3.8) is 0 Å². The maximum atomic E-state index is 13.2. The lowest BCUT2D eigenvalue weighted by Gasteiger charge is -2.21. The highest BCUT2D eigenvalue weighted by Crippen LogP contribution is 2.32. The minimum absolute atomic E-state index is 0.0742. The van der Waals surface area contributed by atoms with Crippen molar-refractivity contribution in [1.29, 1.82) is 0 Å². The van der Waals surface area contributed by atoms with Crippen LogP contribution >= 0.6 is 0 Å². The van der Waals surface area contributed by atoms with E-state index in [1.165, 1.54) is 24.3 Å². The van der Waals surface area contributed by atoms with Crippen molar-refractivity contribution in [2.45, 2.75) is 25.6 Å². The van der Waals surface area contributed by atoms with Crippen LogP contribution < -0.4 is 10.6 Å². The van der Waals surface area contributed by atoms with Crippen molar-refractivity contribution in [2.75, 3.05) is 11.9 Å². The van der Waals surface area contributed by atoms with Gasteiger partial charge in [0.2, 0.25) is 5.91 Å². The van der Waals surface area contributed by atoms with Gasteiger partial charge in [0.25, 0.3) is 0 Å². The third-order valence-corrected chi connectivity index (χ3v) is 3.57. The number of amides is 1. The number of hydrogen-bond acceptors (Lipinski definition) is 2. The number of rotatable bonds is 6. The molecule has 2 rings (SSSR count). The van der Waals surface area contributed by atoms with Gasteiger partial charge < -0.3 is 5.32 Å². The van der Waals surface area contributed by atoms with Gasteiger partial charge in [-0.3, -0.25) is 10.1 Å². The van der Waals surface area contributed by atoms with Crippen LogP contribution in [-0.2, 0) is 11.2 Å². The molecule has 0 saturated heterocycles. The number of alkyl halides is 3. The highest BCUT2D eigenvalue weighted by atomic mass is 19.4. The molecule has 0 heterocycles. The zero-order chi connectivity index (χ0) is 17.6. The topological polar surface area (TPSA) is 41.1 Å². The molecule has 0 aliphatic rings. The van der Waals surface area contributed by atoms with Gasteiger partial charge in [0.1, 0.15) is 6.04 Å². The smallest absolute Gasteiger partial charge is 0.325 e. The summed E-state index contributed by atoms with van der Waals surface area (Å²) in [5.74, 6) is -0.524. The molecule has 24 heavy (non-hydrogen) atoms. The first kappa shape index (κ1) is 18.0. The summed E-state index contributed by atoms with van der Waals surface area (Å²) in [5.41, 5.74) is 1.75. The van der Waals surface area contributed by atoms with Crippen molar-refractivity contribution in [3.8, 4) is 0 Å². The molecule has 0 aromatic heterocycles. The summed E-state index contributed by atoms with van der Waals surface area (Å²) in [7, 11) is 0. The molecule has 0 aliphatic carbocycles. The molecule has 0 spiro atoms. The van der Waals surface area contributed by atoms with Crippen LogP contribution in [0.25, 0.3) is 0 Å². The summed E-state index contributed by atoms with van der Waals surface area (Å²) in [5, 5.41) is 4.86. The maximum absolute atomic E-state index is 13.2. The van der Waals surface area contributed by atoms with Crippen molar-refractivity contribution >= 4 is 11.6 Å². The molecule has 0 saturated carbocycles. The van der Waals surface area contributed by atoms with Crippen LogP contribution in [0.3, 0.4) is 0 Å². The third-order valence-electron chi connectivity index (χ3n) is 3.57. The Morgan fingerprint density at radius 2 is 1.67 bits per heavy atom. The Morgan fingerprint density at radius 1 is 1.04 bits per heavy atom. The van der Waals surface area contributed by atoms with Gasteiger partial charge in [-0.1, -0.05) is 49.4 Å². The highest BCUT2D eigenvalue weighted by molar-refractivity contribution is 5.92. The molecule has 2 N–H and O–H groups in total. The summed E-state index contributed by atoms with van der Waals surface area (Å²) in [6.45, 7) is 1.58. The molecular formula is C18H19F3N2O. The molecule has 1 amide bonds. The first-order chi connectivity index (χ1) is 11.4. The zero-order valence-corrected chi connectivity index (χ0v) is 13.2. The average Bonchev–Trinajstić information content (AvgIpc) is 2.55. The Hall–Kier alpha value is -2.34. The predicted octanol–water partition coefficient (Wildman–Crippen LogP) is 4.08. The Kier molecular flexibility index (Phi) is 5.98. The van der Waals surface area contributed by atoms with Crippen LogP contribution in [0.5, 0.6) is 0 Å². The predicted molar refractivity (Wildman–Crippen MR) is 87.7 cm³/mol. The van der Waals surface area contributed by atoms with Crippen LogP contribution in [0, 0.1) is 0 Å². The maximum Gasteiger partial charge on any atom is 0.407 e. The average molecular weight is 336 g/mol. The molecule has 2 aromatic carbocycles. The van der Waals surface area contributed by atoms with E-state index in [9.17, 15) is 18.0 Å². The van der Waals surface area contributed by atoms with E-state index in [2.05, 4.69) is 10.6 Å². The Labute approximate surface area is 138 Å². The second-order valence-corrected chi connectivity index (χ2v) is 5.36. The number of benzene rings is 2. The zero-order valence-electron chi connectivity index (χ0n) is 13.2. The summed E-state index contributed by atoms with van der Waals surface area (Å²) in [4.78, 5) is 11.9. The summed E-state index contributed by atoms with van der Waals surface area (Å²) >= 11 is 0. The van der Waals surface area contributed by atoms with E-state index >= 15 is 0 Å². The lowest BCUT2D eigenvalue weighted by Crippen LogP contribution is -2.38. The summed E-state index contributed by atoms with van der Waals surface area (Å²) in [6.07, 6.45) is -3.61. The molecule has 1 unspecified atom stereocenters. The fourth-order valence-corrected chi connectivity index (χ4v) is 2.29. The second kappa shape index (κ2) is 7.97. The SMILES string of the molecule is CCc1ccc(NC(=O)CNC(c2ccccc2)C(F)(F)F)cc1. The number of carbonyl (C=O) groups excluding carboxylic acids is 1. The Balaban J connectivity index is 1.97. The van der Waals surface area contributed by atoms with Gasteiger partial charge >= 0.3 is 6.18 Å². The Bertz CT molecular complexity index is 654. The molecular weight excluding hydrogens is 317 g/mol. The molecule has 6 heteroatoms. The lowest BCUT2D eigenvalue weighted by molar-refractivity contribution is -0.158. The molecule has 0 bridgehead atoms. The van der Waals surface area contributed by atoms with E-state index < -0.39 is 24.7 Å². The number of anilines is 1. The first-order valence-corrected chi connectivity index (χ1v) is 7.64. The van der Waals surface area contributed by atoms with Crippen LogP contribution in [0.1, 0.15) is 24.1 Å². The summed E-state index contributed by atoms with van der Waals surface area (Å²) in [6, 6.07) is 12.8. The van der Waals surface area contributed by atoms with Crippen LogP contribution in [0.2, 0.25) is 0 Å². The van der Waals surface area contributed by atoms with Gasteiger partial charge in [-0.05, 0) is 29.7 Å². The second-order valence-electron chi connectivity index (χ2n) is 5.36. The standard InChI is InChI=1S/C18H19F3N2O/c1-2-13-8-10-15(11-9-13)23-16(24)12-22-17(18(19,20)21)14-6-4-3-5-7-14/h3-11,17,22H,2,12H2,1H3,(H,23,24). The molecule has 2 aromatic rings. The van der Waals surface area contributed by atoms with E-state index in [4.69, 9.17) is 0 Å². The minimum Gasteiger partial charge on any atom is -0.325 e. The fraction of sp³-hybridized carbons (Fsp3) is 0.278. The number of halogens is 3. The quantitative estimate of drug-likeness (QED) is 0.834. The minimum atomic E-state index is -4.48. The van der Waals surface area contributed by atoms with E-state index in [0.717, 1.165) is 12.0 Å². The third kappa shape index (κ3) is 5.09. The summed E-state index contributed by atoms with van der Waals surface area (Å²) < 4.78 is 39.5. The number of nitrogens with one attached hydrogen (secondary N) is 2. The van der Waals surface area contributed by atoms with Gasteiger partial charge in [0, 0.05) is 5.69 Å². The number of hydrogen-bond donors (Lipinski definition) is 2. The van der Waals surface area contributed by atoms with Gasteiger partial charge in [-0.25, -0.2) is 0 Å². The van der Waals surface area contributed by atoms with Crippen LogP contribution in [0.15, 0.2) is 54.6 Å². The molecule has 128 valence electrons. The van der Waals surface area contributed by atoms with Crippen molar-refractivity contribution in [1.82, 2.24) is 5.32 Å². The molecule has 0 aliphatic heterocycles. The Morgan fingerprint density at radius 3 is 2.21 bits per heavy atom. The van der Waals surface area contributed by atoms with Gasteiger partial charge in [-0.2, -0.15) is 13.2 Å². The largest absolute Gasteiger partial charge is 0.407 e. The van der Waals surface area contributed by atoms with Crippen LogP contribution in [0.4, 0.5) is 18.9 Å². The molecule has 0 fully saturated rings. The van der Waals surface area contributed by atoms with Gasteiger partial charge in [-0.15, -0.1) is 0 Å². The first-order valence-electron chi connectivity index (χ1n) is 7.64. The van der Waals surface area contributed by atoms with Crippen LogP contribution in [-0.4, -0.2) is 18.6 Å². The van der Waals surface area contributed by atoms with E-state index in [1.807, 2.05) is 19.1 Å². The van der Waals surface area contributed by atoms with E-state index in [1.54, 1.807) is 18.2 Å². The van der Waals surface area contributed by atoms with Gasteiger partial charge in [0.05, 0.1) is 6.54 Å². The normalized spacial score (nSPS) is 12.7. The van der Waals surface area contributed by atoms with Gasteiger partial charge in [0.15, 0.2) is 0 Å². The highest BCUT2D eigenvalue weighted by Gasteiger charge is 2.40. The van der Waals surface area contributed by atoms with E-state index in [0.29, 0.717) is 5.69 Å². The number of aryl methyl sites for hydroxylation is 1.